The van der Waals surface area contributed by atoms with Crippen LogP contribution in [-0.2, 0) is 4.74 Å². The van der Waals surface area contributed by atoms with Gasteiger partial charge in [-0.05, 0) is 51.8 Å². The molecule has 1 saturated heterocycles. The van der Waals surface area contributed by atoms with E-state index in [9.17, 15) is 4.79 Å². The molecule has 0 aromatic heterocycles. The average molecular weight is 370 g/mol. The van der Waals surface area contributed by atoms with Crippen molar-refractivity contribution in [2.45, 2.75) is 45.3 Å². The van der Waals surface area contributed by atoms with E-state index in [1.54, 1.807) is 0 Å². The molecule has 2 rings (SSSR count). The number of alkyl carbamates (subject to hydrolysis) is 1. The molecular formula is C16H24BrN3O2. The second kappa shape index (κ2) is 6.77. The summed E-state index contributed by atoms with van der Waals surface area (Å²) in [5.41, 5.74) is 7.35. The molecule has 22 heavy (non-hydrogen) atoms. The van der Waals surface area contributed by atoms with E-state index in [4.69, 9.17) is 10.5 Å². The molecule has 1 fully saturated rings. The van der Waals surface area contributed by atoms with Crippen molar-refractivity contribution in [3.8, 4) is 0 Å². The van der Waals surface area contributed by atoms with Crippen molar-refractivity contribution in [3.63, 3.8) is 0 Å². The first-order valence-corrected chi connectivity index (χ1v) is 8.33. The Morgan fingerprint density at radius 1 is 1.45 bits per heavy atom. The fourth-order valence-corrected chi connectivity index (χ4v) is 2.93. The standard InChI is InChI=1S/C16H24BrN3O2/c1-16(2,3)22-15(21)19-12-5-4-8-20(10-12)14-9-11(17)6-7-13(14)18/h6-7,9,12H,4-5,8,10,18H2,1-3H3,(H,19,21). The van der Waals surface area contributed by atoms with E-state index < -0.39 is 5.60 Å². The zero-order chi connectivity index (χ0) is 16.3. The summed E-state index contributed by atoms with van der Waals surface area (Å²) in [4.78, 5) is 14.1. The van der Waals surface area contributed by atoms with Crippen molar-refractivity contribution < 1.29 is 9.53 Å². The first-order chi connectivity index (χ1) is 10.2. The van der Waals surface area contributed by atoms with Gasteiger partial charge in [-0.3, -0.25) is 0 Å². The van der Waals surface area contributed by atoms with Crippen LogP contribution in [-0.4, -0.2) is 30.8 Å². The van der Waals surface area contributed by atoms with Crippen LogP contribution < -0.4 is 16.0 Å². The number of hydrogen-bond acceptors (Lipinski definition) is 4. The highest BCUT2D eigenvalue weighted by molar-refractivity contribution is 9.10. The van der Waals surface area contributed by atoms with E-state index in [0.29, 0.717) is 0 Å². The van der Waals surface area contributed by atoms with Crippen LogP contribution in [0.15, 0.2) is 22.7 Å². The molecule has 1 amide bonds. The quantitative estimate of drug-likeness (QED) is 0.782. The smallest absolute Gasteiger partial charge is 0.407 e. The number of hydrogen-bond donors (Lipinski definition) is 2. The third-order valence-corrected chi connectivity index (χ3v) is 3.97. The van der Waals surface area contributed by atoms with Gasteiger partial charge in [-0.15, -0.1) is 0 Å². The molecule has 0 bridgehead atoms. The maximum absolute atomic E-state index is 11.9. The number of carbonyl (C=O) groups is 1. The summed E-state index contributed by atoms with van der Waals surface area (Å²) < 4.78 is 6.32. The fourth-order valence-electron chi connectivity index (χ4n) is 2.58. The van der Waals surface area contributed by atoms with E-state index >= 15 is 0 Å². The van der Waals surface area contributed by atoms with E-state index in [-0.39, 0.29) is 12.1 Å². The second-order valence-corrected chi connectivity index (χ2v) is 7.55. The molecule has 1 unspecified atom stereocenters. The molecule has 122 valence electrons. The van der Waals surface area contributed by atoms with Gasteiger partial charge in [-0.2, -0.15) is 0 Å². The Hall–Kier alpha value is -1.43. The number of nitrogens with zero attached hydrogens (tertiary/aromatic N) is 1. The monoisotopic (exact) mass is 369 g/mol. The highest BCUT2D eigenvalue weighted by Crippen LogP contribution is 2.29. The Morgan fingerprint density at radius 3 is 2.86 bits per heavy atom. The molecule has 6 heteroatoms. The van der Waals surface area contributed by atoms with Gasteiger partial charge >= 0.3 is 6.09 Å². The number of nitrogens with one attached hydrogen (secondary N) is 1. The molecule has 5 nitrogen and oxygen atoms in total. The van der Waals surface area contributed by atoms with Crippen LogP contribution in [0, 0.1) is 0 Å². The van der Waals surface area contributed by atoms with Crippen LogP contribution in [0.5, 0.6) is 0 Å². The van der Waals surface area contributed by atoms with Gasteiger partial charge in [0.25, 0.3) is 0 Å². The third kappa shape index (κ3) is 4.80. The number of benzene rings is 1. The lowest BCUT2D eigenvalue weighted by Gasteiger charge is -2.35. The SMILES string of the molecule is CC(C)(C)OC(=O)NC1CCCN(c2cc(Br)ccc2N)C1. The summed E-state index contributed by atoms with van der Waals surface area (Å²) in [5.74, 6) is 0. The van der Waals surface area contributed by atoms with Crippen LogP contribution in [0.3, 0.4) is 0 Å². The Labute approximate surface area is 140 Å². The Bertz CT molecular complexity index is 543. The van der Waals surface area contributed by atoms with Crippen LogP contribution >= 0.6 is 15.9 Å². The maximum Gasteiger partial charge on any atom is 0.407 e. The first kappa shape index (κ1) is 16.9. The topological polar surface area (TPSA) is 67.6 Å². The zero-order valence-corrected chi connectivity index (χ0v) is 14.9. The predicted molar refractivity (Wildman–Crippen MR) is 93.2 cm³/mol. The highest BCUT2D eigenvalue weighted by atomic mass is 79.9. The summed E-state index contributed by atoms with van der Waals surface area (Å²) in [6.45, 7) is 7.26. The van der Waals surface area contributed by atoms with Crippen molar-refractivity contribution in [2.24, 2.45) is 0 Å². The predicted octanol–water partition coefficient (Wildman–Crippen LogP) is 3.52. The molecule has 0 spiro atoms. The largest absolute Gasteiger partial charge is 0.444 e. The number of nitrogen functional groups attached to an aromatic ring is 1. The van der Waals surface area contributed by atoms with E-state index in [0.717, 1.165) is 41.8 Å². The van der Waals surface area contributed by atoms with Crippen molar-refractivity contribution in [1.29, 1.82) is 0 Å². The zero-order valence-electron chi connectivity index (χ0n) is 13.4. The molecule has 1 aromatic carbocycles. The molecule has 1 aromatic rings. The van der Waals surface area contributed by atoms with Crippen molar-refractivity contribution in [2.75, 3.05) is 23.7 Å². The van der Waals surface area contributed by atoms with Gasteiger partial charge in [0.2, 0.25) is 0 Å². The summed E-state index contributed by atoms with van der Waals surface area (Å²) in [6, 6.07) is 5.91. The highest BCUT2D eigenvalue weighted by Gasteiger charge is 2.25. The lowest BCUT2D eigenvalue weighted by molar-refractivity contribution is 0.0500. The number of amides is 1. The van der Waals surface area contributed by atoms with Crippen LogP contribution in [0.4, 0.5) is 16.2 Å². The molecule has 0 aliphatic carbocycles. The van der Waals surface area contributed by atoms with Gasteiger partial charge in [-0.25, -0.2) is 4.79 Å². The van der Waals surface area contributed by atoms with Crippen LogP contribution in [0.1, 0.15) is 33.6 Å². The molecule has 3 N–H and O–H groups in total. The summed E-state index contributed by atoms with van der Waals surface area (Å²) in [5, 5.41) is 2.95. The number of nitrogens with two attached hydrogens (primary N) is 1. The summed E-state index contributed by atoms with van der Waals surface area (Å²) in [6.07, 6.45) is 1.59. The van der Waals surface area contributed by atoms with E-state index in [1.165, 1.54) is 0 Å². The number of ether oxygens (including phenoxy) is 1. The van der Waals surface area contributed by atoms with E-state index in [2.05, 4.69) is 26.1 Å². The van der Waals surface area contributed by atoms with Crippen molar-refractivity contribution in [3.05, 3.63) is 22.7 Å². The number of carbonyl (C=O) groups excluding carboxylic acids is 1. The minimum atomic E-state index is -0.479. The van der Waals surface area contributed by atoms with Crippen molar-refractivity contribution >= 4 is 33.4 Å². The lowest BCUT2D eigenvalue weighted by atomic mass is 10.0. The van der Waals surface area contributed by atoms with Gasteiger partial charge in [0.1, 0.15) is 5.60 Å². The lowest BCUT2D eigenvalue weighted by Crippen LogP contribution is -2.49. The number of halogens is 1. The third-order valence-electron chi connectivity index (χ3n) is 3.48. The van der Waals surface area contributed by atoms with Gasteiger partial charge in [0.05, 0.1) is 11.4 Å². The molecule has 1 aliphatic heterocycles. The Balaban J connectivity index is 2.00. The fraction of sp³-hybridized carbons (Fsp3) is 0.562. The molecule has 0 saturated carbocycles. The number of rotatable bonds is 2. The number of anilines is 2. The van der Waals surface area contributed by atoms with Crippen LogP contribution in [0.2, 0.25) is 0 Å². The van der Waals surface area contributed by atoms with Gasteiger partial charge in [0.15, 0.2) is 0 Å². The van der Waals surface area contributed by atoms with Gasteiger partial charge in [-0.1, -0.05) is 15.9 Å². The van der Waals surface area contributed by atoms with E-state index in [1.807, 2.05) is 39.0 Å². The normalized spacial score (nSPS) is 18.9. The minimum absolute atomic E-state index is 0.0713. The maximum atomic E-state index is 11.9. The molecular weight excluding hydrogens is 346 g/mol. The summed E-state index contributed by atoms with van der Waals surface area (Å²) >= 11 is 3.48. The minimum Gasteiger partial charge on any atom is -0.444 e. The first-order valence-electron chi connectivity index (χ1n) is 7.54. The molecule has 1 aliphatic rings. The Morgan fingerprint density at radius 2 is 2.18 bits per heavy atom. The summed E-state index contributed by atoms with van der Waals surface area (Å²) in [7, 11) is 0. The average Bonchev–Trinajstić information content (AvgIpc) is 2.39. The second-order valence-electron chi connectivity index (χ2n) is 6.63. The van der Waals surface area contributed by atoms with Crippen molar-refractivity contribution in [1.82, 2.24) is 5.32 Å². The molecule has 1 atom stereocenters. The Kier molecular flexibility index (Phi) is 5.21. The molecule has 0 radical (unpaired) electrons. The van der Waals surface area contributed by atoms with Crippen LogP contribution in [0.25, 0.3) is 0 Å². The van der Waals surface area contributed by atoms with Gasteiger partial charge in [0, 0.05) is 23.6 Å². The molecule has 1 heterocycles. The number of piperidine rings is 1. The van der Waals surface area contributed by atoms with Gasteiger partial charge < -0.3 is 20.7 Å².